The molecule has 2 aromatic carbocycles. The second-order valence-electron chi connectivity index (χ2n) is 5.04. The molecule has 112 valence electrons. The van der Waals surface area contributed by atoms with Crippen LogP contribution in [0.2, 0.25) is 0 Å². The molecule has 0 saturated carbocycles. The number of rotatable bonds is 2. The Bertz CT molecular complexity index is 1030. The third kappa shape index (κ3) is 2.14. The number of ether oxygens (including phenoxy) is 1. The Morgan fingerprint density at radius 3 is 2.74 bits per heavy atom. The molecule has 0 aliphatic carbocycles. The summed E-state index contributed by atoms with van der Waals surface area (Å²) in [7, 11) is 1.34. The number of oxazole rings is 1. The lowest BCUT2D eigenvalue weighted by Gasteiger charge is -2.00. The van der Waals surface area contributed by atoms with Crippen molar-refractivity contribution in [3.05, 3.63) is 60.3 Å². The van der Waals surface area contributed by atoms with Gasteiger partial charge in [0.15, 0.2) is 5.58 Å². The molecule has 0 atom stereocenters. The fourth-order valence-corrected chi connectivity index (χ4v) is 2.62. The maximum atomic E-state index is 11.9. The molecule has 0 aliphatic heterocycles. The highest BCUT2D eigenvalue weighted by Gasteiger charge is 2.17. The van der Waals surface area contributed by atoms with Crippen molar-refractivity contribution in [3.8, 4) is 11.5 Å². The Morgan fingerprint density at radius 2 is 1.87 bits per heavy atom. The monoisotopic (exact) mass is 304 g/mol. The number of para-hydroxylation sites is 2. The van der Waals surface area contributed by atoms with Gasteiger partial charge in [0.05, 0.1) is 23.8 Å². The fourth-order valence-electron chi connectivity index (χ4n) is 2.62. The molecule has 0 amide bonds. The van der Waals surface area contributed by atoms with Crippen LogP contribution < -0.4 is 0 Å². The van der Waals surface area contributed by atoms with E-state index in [2.05, 4.69) is 9.97 Å². The fraction of sp³-hybridized carbons (Fsp3) is 0.0556. The summed E-state index contributed by atoms with van der Waals surface area (Å²) in [6.45, 7) is 0. The van der Waals surface area contributed by atoms with Gasteiger partial charge in [-0.25, -0.2) is 9.78 Å². The number of carbonyl (C=O) groups is 1. The van der Waals surface area contributed by atoms with Crippen LogP contribution in [0.4, 0.5) is 0 Å². The van der Waals surface area contributed by atoms with Crippen LogP contribution in [0.3, 0.4) is 0 Å². The van der Waals surface area contributed by atoms with Gasteiger partial charge >= 0.3 is 5.97 Å². The quantitative estimate of drug-likeness (QED) is 0.527. The largest absolute Gasteiger partial charge is 0.465 e. The van der Waals surface area contributed by atoms with Gasteiger partial charge in [0, 0.05) is 11.6 Å². The van der Waals surface area contributed by atoms with Crippen molar-refractivity contribution in [3.63, 3.8) is 0 Å². The molecular weight excluding hydrogens is 292 g/mol. The molecule has 0 aliphatic rings. The summed E-state index contributed by atoms with van der Waals surface area (Å²) in [5, 5.41) is 1.00. The lowest BCUT2D eigenvalue weighted by molar-refractivity contribution is 0.0603. The lowest BCUT2D eigenvalue weighted by Crippen LogP contribution is -2.01. The highest BCUT2D eigenvalue weighted by molar-refractivity contribution is 6.02. The highest BCUT2D eigenvalue weighted by Crippen LogP contribution is 2.30. The molecule has 2 heterocycles. The van der Waals surface area contributed by atoms with Crippen LogP contribution in [-0.4, -0.2) is 23.0 Å². The second-order valence-corrected chi connectivity index (χ2v) is 5.04. The first kappa shape index (κ1) is 13.5. The third-order valence-electron chi connectivity index (χ3n) is 3.69. The van der Waals surface area contributed by atoms with Crippen molar-refractivity contribution in [1.29, 1.82) is 0 Å². The summed E-state index contributed by atoms with van der Waals surface area (Å²) in [5.74, 6) is -0.00727. The Balaban J connectivity index is 1.97. The molecule has 23 heavy (non-hydrogen) atoms. The van der Waals surface area contributed by atoms with E-state index in [9.17, 15) is 4.79 Å². The first-order chi connectivity index (χ1) is 11.3. The zero-order chi connectivity index (χ0) is 15.8. The number of benzene rings is 2. The van der Waals surface area contributed by atoms with E-state index in [1.54, 1.807) is 24.4 Å². The Kier molecular flexibility index (Phi) is 3.05. The molecule has 5 nitrogen and oxygen atoms in total. The van der Waals surface area contributed by atoms with Crippen LogP contribution >= 0.6 is 0 Å². The van der Waals surface area contributed by atoms with Gasteiger partial charge in [-0.05, 0) is 24.3 Å². The minimum atomic E-state index is -0.438. The van der Waals surface area contributed by atoms with E-state index in [0.717, 1.165) is 16.5 Å². The molecule has 0 saturated heterocycles. The predicted octanol–water partition coefficient (Wildman–Crippen LogP) is 3.83. The molecule has 0 N–H and O–H groups in total. The summed E-state index contributed by atoms with van der Waals surface area (Å²) in [4.78, 5) is 20.8. The van der Waals surface area contributed by atoms with E-state index in [-0.39, 0.29) is 0 Å². The van der Waals surface area contributed by atoms with Crippen LogP contribution in [0.5, 0.6) is 0 Å². The van der Waals surface area contributed by atoms with Gasteiger partial charge in [0.1, 0.15) is 5.52 Å². The predicted molar refractivity (Wildman–Crippen MR) is 86.1 cm³/mol. The van der Waals surface area contributed by atoms with Gasteiger partial charge < -0.3 is 9.15 Å². The number of carbonyl (C=O) groups excluding carboxylic acids is 1. The summed E-state index contributed by atoms with van der Waals surface area (Å²) < 4.78 is 10.6. The number of nitrogens with zero attached hydrogens (tertiary/aromatic N) is 2. The van der Waals surface area contributed by atoms with Gasteiger partial charge in [0.25, 0.3) is 0 Å². The topological polar surface area (TPSA) is 65.2 Å². The van der Waals surface area contributed by atoms with E-state index >= 15 is 0 Å². The summed E-state index contributed by atoms with van der Waals surface area (Å²) in [6.07, 6.45) is 1.73. The molecular formula is C18H12N2O3. The van der Waals surface area contributed by atoms with E-state index in [0.29, 0.717) is 22.6 Å². The standard InChI is InChI=1S/C18H12N2O3/c1-22-18(21)13-8-3-9-14-16(13)20-17(23-14)12-7-2-5-11-6-4-10-19-15(11)12/h2-10H,1H3. The number of pyridine rings is 1. The Labute approximate surface area is 131 Å². The number of esters is 1. The molecule has 4 rings (SSSR count). The number of fused-ring (bicyclic) bond motifs is 2. The molecule has 0 unspecified atom stereocenters. The smallest absolute Gasteiger partial charge is 0.340 e. The van der Waals surface area contributed by atoms with Crippen LogP contribution in [-0.2, 0) is 4.74 Å². The average Bonchev–Trinajstić information content (AvgIpc) is 3.04. The molecule has 0 bridgehead atoms. The maximum Gasteiger partial charge on any atom is 0.340 e. The minimum Gasteiger partial charge on any atom is -0.465 e. The van der Waals surface area contributed by atoms with E-state index in [1.165, 1.54) is 7.11 Å². The van der Waals surface area contributed by atoms with Crippen LogP contribution in [0.15, 0.2) is 59.1 Å². The Hall–Kier alpha value is -3.21. The molecule has 5 heteroatoms. The first-order valence-corrected chi connectivity index (χ1v) is 7.10. The highest BCUT2D eigenvalue weighted by atomic mass is 16.5. The molecule has 0 spiro atoms. The first-order valence-electron chi connectivity index (χ1n) is 7.10. The minimum absolute atomic E-state index is 0.383. The van der Waals surface area contributed by atoms with Crippen molar-refractivity contribution in [1.82, 2.24) is 9.97 Å². The van der Waals surface area contributed by atoms with Gasteiger partial charge in [-0.1, -0.05) is 24.3 Å². The molecule has 0 radical (unpaired) electrons. The summed E-state index contributed by atoms with van der Waals surface area (Å²) in [5.41, 5.74) is 3.00. The molecule has 0 fully saturated rings. The zero-order valence-corrected chi connectivity index (χ0v) is 12.3. The third-order valence-corrected chi connectivity index (χ3v) is 3.69. The van der Waals surface area contributed by atoms with Crippen molar-refractivity contribution in [2.75, 3.05) is 7.11 Å². The normalized spacial score (nSPS) is 11.0. The maximum absolute atomic E-state index is 11.9. The molecule has 2 aromatic heterocycles. The number of hydrogen-bond donors (Lipinski definition) is 0. The number of aromatic nitrogens is 2. The van der Waals surface area contributed by atoms with Crippen molar-refractivity contribution in [2.24, 2.45) is 0 Å². The van der Waals surface area contributed by atoms with Crippen molar-refractivity contribution in [2.45, 2.75) is 0 Å². The lowest BCUT2D eigenvalue weighted by atomic mass is 10.1. The van der Waals surface area contributed by atoms with Gasteiger partial charge in [-0.15, -0.1) is 0 Å². The summed E-state index contributed by atoms with van der Waals surface area (Å²) >= 11 is 0. The Morgan fingerprint density at radius 1 is 1.04 bits per heavy atom. The SMILES string of the molecule is COC(=O)c1cccc2oc(-c3cccc4cccnc34)nc12. The van der Waals surface area contributed by atoms with E-state index in [4.69, 9.17) is 9.15 Å². The van der Waals surface area contributed by atoms with Crippen molar-refractivity contribution >= 4 is 28.0 Å². The second kappa shape index (κ2) is 5.21. The van der Waals surface area contributed by atoms with E-state index < -0.39 is 5.97 Å². The average molecular weight is 304 g/mol. The van der Waals surface area contributed by atoms with E-state index in [1.807, 2.05) is 30.3 Å². The summed E-state index contributed by atoms with van der Waals surface area (Å²) in [6, 6.07) is 14.9. The van der Waals surface area contributed by atoms with Gasteiger partial charge in [0.2, 0.25) is 5.89 Å². The zero-order valence-electron chi connectivity index (χ0n) is 12.3. The number of hydrogen-bond acceptors (Lipinski definition) is 5. The van der Waals surface area contributed by atoms with Crippen LogP contribution in [0.1, 0.15) is 10.4 Å². The van der Waals surface area contributed by atoms with Crippen molar-refractivity contribution < 1.29 is 13.9 Å². The number of methoxy groups -OCH3 is 1. The van der Waals surface area contributed by atoms with Gasteiger partial charge in [-0.2, -0.15) is 0 Å². The van der Waals surface area contributed by atoms with Crippen LogP contribution in [0, 0.1) is 0 Å². The molecule has 4 aromatic rings. The van der Waals surface area contributed by atoms with Crippen LogP contribution in [0.25, 0.3) is 33.5 Å². The van der Waals surface area contributed by atoms with Gasteiger partial charge in [-0.3, -0.25) is 4.98 Å².